The molecule has 24 heavy (non-hydrogen) atoms. The summed E-state index contributed by atoms with van der Waals surface area (Å²) in [5, 5.41) is 0. The van der Waals surface area contributed by atoms with Crippen molar-refractivity contribution in [3.8, 4) is 0 Å². The Morgan fingerprint density at radius 2 is 1.83 bits per heavy atom. The molecule has 2 rings (SSSR count). The Morgan fingerprint density at radius 1 is 1.25 bits per heavy atom. The lowest BCUT2D eigenvalue weighted by Crippen LogP contribution is -2.39. The molecule has 1 saturated heterocycles. The lowest BCUT2D eigenvalue weighted by Gasteiger charge is -2.27. The fourth-order valence-electron chi connectivity index (χ4n) is 2.96. The van der Waals surface area contributed by atoms with Gasteiger partial charge < -0.3 is 9.32 Å². The highest BCUT2D eigenvalue weighted by Crippen LogP contribution is 2.27. The molecule has 1 aromatic heterocycles. The van der Waals surface area contributed by atoms with Crippen molar-refractivity contribution in [1.29, 1.82) is 0 Å². The minimum Gasteiger partial charge on any atom is -0.455 e. The zero-order chi connectivity index (χ0) is 18.1. The van der Waals surface area contributed by atoms with Gasteiger partial charge in [0.05, 0.1) is 0 Å². The SMILES string of the molecule is Cc1oc(C(=O)N(CC(C)C)C(C)C)cc1S(=O)(=O)N1CCCC1. The summed E-state index contributed by atoms with van der Waals surface area (Å²) >= 11 is 0. The molecule has 0 saturated carbocycles. The van der Waals surface area contributed by atoms with Gasteiger partial charge in [0.1, 0.15) is 10.7 Å². The van der Waals surface area contributed by atoms with Crippen LogP contribution in [0.4, 0.5) is 0 Å². The summed E-state index contributed by atoms with van der Waals surface area (Å²) in [5.74, 6) is 0.433. The molecule has 0 unspecified atom stereocenters. The van der Waals surface area contributed by atoms with Gasteiger partial charge in [-0.15, -0.1) is 0 Å². The smallest absolute Gasteiger partial charge is 0.289 e. The van der Waals surface area contributed by atoms with Gasteiger partial charge in [0.2, 0.25) is 10.0 Å². The number of carbonyl (C=O) groups is 1. The maximum Gasteiger partial charge on any atom is 0.289 e. The second-order valence-electron chi connectivity index (χ2n) is 7.09. The van der Waals surface area contributed by atoms with Crippen LogP contribution in [-0.4, -0.2) is 49.2 Å². The summed E-state index contributed by atoms with van der Waals surface area (Å²) in [5.41, 5.74) is 0. The van der Waals surface area contributed by atoms with E-state index in [1.54, 1.807) is 11.8 Å². The molecule has 0 N–H and O–H groups in total. The van der Waals surface area contributed by atoms with E-state index in [1.165, 1.54) is 10.4 Å². The summed E-state index contributed by atoms with van der Waals surface area (Å²) in [6, 6.07) is 1.41. The van der Waals surface area contributed by atoms with Crippen molar-refractivity contribution in [1.82, 2.24) is 9.21 Å². The van der Waals surface area contributed by atoms with Crippen LogP contribution >= 0.6 is 0 Å². The van der Waals surface area contributed by atoms with Crippen molar-refractivity contribution >= 4 is 15.9 Å². The first kappa shape index (κ1) is 19.0. The molecular weight excluding hydrogens is 328 g/mol. The van der Waals surface area contributed by atoms with Crippen molar-refractivity contribution < 1.29 is 17.6 Å². The third kappa shape index (κ3) is 3.83. The number of rotatable bonds is 6. The van der Waals surface area contributed by atoms with Gasteiger partial charge in [0.15, 0.2) is 5.76 Å². The highest BCUT2D eigenvalue weighted by molar-refractivity contribution is 7.89. The third-order valence-electron chi connectivity index (χ3n) is 4.21. The van der Waals surface area contributed by atoms with E-state index in [9.17, 15) is 13.2 Å². The fraction of sp³-hybridized carbons (Fsp3) is 0.706. The van der Waals surface area contributed by atoms with Gasteiger partial charge >= 0.3 is 0 Å². The Kier molecular flexibility index (Phi) is 5.75. The lowest BCUT2D eigenvalue weighted by molar-refractivity contribution is 0.0648. The first-order valence-corrected chi connectivity index (χ1v) is 10.00. The van der Waals surface area contributed by atoms with Crippen molar-refractivity contribution in [3.63, 3.8) is 0 Å². The molecule has 0 spiro atoms. The van der Waals surface area contributed by atoms with Crippen LogP contribution in [0.25, 0.3) is 0 Å². The number of furan rings is 1. The normalized spacial score (nSPS) is 16.3. The van der Waals surface area contributed by atoms with E-state index in [-0.39, 0.29) is 28.4 Å². The molecule has 0 atom stereocenters. The minimum absolute atomic E-state index is 0.0175. The lowest BCUT2D eigenvalue weighted by atomic mass is 10.1. The summed E-state index contributed by atoms with van der Waals surface area (Å²) in [4.78, 5) is 14.6. The molecule has 6 nitrogen and oxygen atoms in total. The number of sulfonamides is 1. The third-order valence-corrected chi connectivity index (χ3v) is 6.22. The Labute approximate surface area is 144 Å². The molecule has 2 heterocycles. The van der Waals surface area contributed by atoms with Crippen LogP contribution in [0.3, 0.4) is 0 Å². The number of hydrogen-bond acceptors (Lipinski definition) is 4. The zero-order valence-corrected chi connectivity index (χ0v) is 16.0. The number of carbonyl (C=O) groups excluding carboxylic acids is 1. The molecule has 7 heteroatoms. The van der Waals surface area contributed by atoms with Gasteiger partial charge in [-0.3, -0.25) is 4.79 Å². The predicted molar refractivity (Wildman–Crippen MR) is 92.4 cm³/mol. The predicted octanol–water partition coefficient (Wildman–Crippen LogP) is 2.88. The maximum absolute atomic E-state index is 12.8. The Hall–Kier alpha value is -1.34. The van der Waals surface area contributed by atoms with Crippen LogP contribution in [-0.2, 0) is 10.0 Å². The van der Waals surface area contributed by atoms with E-state index in [0.29, 0.717) is 25.6 Å². The number of hydrogen-bond donors (Lipinski definition) is 0. The molecule has 1 amide bonds. The van der Waals surface area contributed by atoms with Gasteiger partial charge in [-0.05, 0) is 39.5 Å². The molecular formula is C17H28N2O4S. The van der Waals surface area contributed by atoms with Crippen LogP contribution in [0.5, 0.6) is 0 Å². The second kappa shape index (κ2) is 7.27. The van der Waals surface area contributed by atoms with Crippen LogP contribution in [0.1, 0.15) is 56.9 Å². The quantitative estimate of drug-likeness (QED) is 0.786. The number of amides is 1. The highest BCUT2D eigenvalue weighted by atomic mass is 32.2. The largest absolute Gasteiger partial charge is 0.455 e. The topological polar surface area (TPSA) is 70.8 Å². The molecule has 136 valence electrons. The second-order valence-corrected chi connectivity index (χ2v) is 8.99. The van der Waals surface area contributed by atoms with Crippen molar-refractivity contribution in [2.75, 3.05) is 19.6 Å². The van der Waals surface area contributed by atoms with E-state index >= 15 is 0 Å². The molecule has 0 aliphatic carbocycles. The van der Waals surface area contributed by atoms with Gasteiger partial charge in [0.25, 0.3) is 5.91 Å². The average Bonchev–Trinajstić information content (AvgIpc) is 3.13. The van der Waals surface area contributed by atoms with E-state index in [0.717, 1.165) is 12.8 Å². The monoisotopic (exact) mass is 356 g/mol. The highest BCUT2D eigenvalue weighted by Gasteiger charge is 2.33. The Morgan fingerprint density at radius 3 is 2.33 bits per heavy atom. The van der Waals surface area contributed by atoms with Crippen LogP contribution in [0.2, 0.25) is 0 Å². The molecule has 1 aromatic rings. The van der Waals surface area contributed by atoms with E-state index in [1.807, 2.05) is 27.7 Å². The maximum atomic E-state index is 12.8. The van der Waals surface area contributed by atoms with Crippen LogP contribution in [0.15, 0.2) is 15.4 Å². The molecule has 1 fully saturated rings. The molecule has 1 aliphatic rings. The summed E-state index contributed by atoms with van der Waals surface area (Å²) < 4.78 is 32.4. The molecule has 0 bridgehead atoms. The first-order valence-electron chi connectivity index (χ1n) is 8.56. The molecule has 0 radical (unpaired) electrons. The Balaban J connectivity index is 2.32. The van der Waals surface area contributed by atoms with Gasteiger partial charge in [-0.25, -0.2) is 8.42 Å². The fourth-order valence-corrected chi connectivity index (χ4v) is 4.64. The number of nitrogens with zero attached hydrogens (tertiary/aromatic N) is 2. The minimum atomic E-state index is -3.58. The van der Waals surface area contributed by atoms with Gasteiger partial charge in [-0.2, -0.15) is 4.31 Å². The summed E-state index contributed by atoms with van der Waals surface area (Å²) in [7, 11) is -3.58. The van der Waals surface area contributed by atoms with E-state index in [2.05, 4.69) is 0 Å². The van der Waals surface area contributed by atoms with Crippen molar-refractivity contribution in [2.45, 2.75) is 58.4 Å². The summed E-state index contributed by atoms with van der Waals surface area (Å²) in [6.45, 7) is 11.2. The summed E-state index contributed by atoms with van der Waals surface area (Å²) in [6.07, 6.45) is 1.74. The van der Waals surface area contributed by atoms with E-state index in [4.69, 9.17) is 4.42 Å². The first-order chi connectivity index (χ1) is 11.1. The van der Waals surface area contributed by atoms with Crippen molar-refractivity contribution in [3.05, 3.63) is 17.6 Å². The van der Waals surface area contributed by atoms with Crippen molar-refractivity contribution in [2.24, 2.45) is 5.92 Å². The number of aryl methyl sites for hydroxylation is 1. The average molecular weight is 356 g/mol. The zero-order valence-electron chi connectivity index (χ0n) is 15.2. The molecule has 0 aromatic carbocycles. The van der Waals surface area contributed by atoms with Gasteiger partial charge in [-0.1, -0.05) is 13.8 Å². The van der Waals surface area contributed by atoms with E-state index < -0.39 is 10.0 Å². The van der Waals surface area contributed by atoms with Gasteiger partial charge in [0, 0.05) is 31.7 Å². The molecule has 1 aliphatic heterocycles. The van der Waals surface area contributed by atoms with Crippen LogP contribution in [0, 0.1) is 12.8 Å². The Bertz CT molecular complexity index is 685. The standard InChI is InChI=1S/C17H28N2O4S/c1-12(2)11-19(13(3)4)17(20)15-10-16(14(5)23-15)24(21,22)18-8-6-7-9-18/h10,12-13H,6-9,11H2,1-5H3. The van der Waals surface area contributed by atoms with Crippen LogP contribution < -0.4 is 0 Å².